The number of fused-ring (bicyclic) bond motifs is 6. The molecule has 6 aromatic carbocycles. The second kappa shape index (κ2) is 20.7. The van der Waals surface area contributed by atoms with Gasteiger partial charge in [0.25, 0.3) is 0 Å². The molecule has 7 aliphatic rings. The molecule has 4 N–H and O–H groups in total. The van der Waals surface area contributed by atoms with Crippen molar-refractivity contribution in [2.45, 2.75) is 126 Å². The van der Waals surface area contributed by atoms with Gasteiger partial charge in [-0.3, -0.25) is 0 Å². The van der Waals surface area contributed by atoms with E-state index in [-0.39, 0.29) is 16.7 Å². The summed E-state index contributed by atoms with van der Waals surface area (Å²) in [6.45, 7) is 7.78. The molecule has 1 saturated heterocycles. The van der Waals surface area contributed by atoms with Crippen LogP contribution in [-0.4, -0.2) is 65.7 Å². The van der Waals surface area contributed by atoms with E-state index in [1.165, 1.54) is 45.5 Å². The van der Waals surface area contributed by atoms with E-state index in [2.05, 4.69) is 64.5 Å². The van der Waals surface area contributed by atoms with Gasteiger partial charge in [-0.15, -0.1) is 0 Å². The van der Waals surface area contributed by atoms with Crippen LogP contribution in [0.5, 0.6) is 11.5 Å². The van der Waals surface area contributed by atoms with E-state index in [0.717, 1.165) is 83.8 Å². The third kappa shape index (κ3) is 10.2. The first-order valence-electron chi connectivity index (χ1n) is 26.9. The summed E-state index contributed by atoms with van der Waals surface area (Å²) in [5.74, 6) is 1.16. The smallest absolute Gasteiger partial charge is 0.486 e. The third-order valence-electron chi connectivity index (χ3n) is 16.8. The van der Waals surface area contributed by atoms with E-state index in [0.29, 0.717) is 36.0 Å². The molecule has 0 aromatic heterocycles. The summed E-state index contributed by atoms with van der Waals surface area (Å²) >= 11 is 3.57. The second-order valence-electron chi connectivity index (χ2n) is 22.8. The van der Waals surface area contributed by atoms with Crippen molar-refractivity contribution in [1.29, 1.82) is 10.5 Å². The molecular weight excluding hydrogens is 1080 g/mol. The lowest BCUT2D eigenvalue weighted by molar-refractivity contribution is -0.205. The first-order valence-corrected chi connectivity index (χ1v) is 27.7. The number of nitrogens with two attached hydrogens (primary N) is 2. The number of hydrogen-bond acceptors (Lipinski definition) is 14. The molecule has 6 aromatic rings. The normalized spacial score (nSPS) is 25.4. The quantitative estimate of drug-likeness (QED) is 0.157. The molecule has 18 heteroatoms. The fraction of sp³-hybridized carbons (Fsp3) is 0.355. The average molecular weight is 1140 g/mol. The molecule has 0 radical (unpaired) electrons. The molecule has 0 amide bonds. The summed E-state index contributed by atoms with van der Waals surface area (Å²) in [6, 6.07) is 41.6. The molecule has 80 heavy (non-hydrogen) atoms. The number of ether oxygens (including phenoxy) is 2. The minimum atomic E-state index is -1.03. The standard InChI is InChI=1S/C28H25FN4O2.C21H22BrN3O2.C13H15BFNO2/c1-33-26(31)32-28(35-33)17-27(12-4-7-18-5-2-3-6-21(18)15-27)34-25-11-9-20(14-23(25)28)19-8-10-24(29)22(13-19)16-30;1-25-19(23)24-21(27-25)13-20(26-18-9-8-16(22)11-17(18)21)10-4-7-14-5-2-3-6-15(14)12-20;1-12(2)13(3,4)18-14(17-12)10-5-6-11(15)9(7-10)8-16/h2-3,5-6,8-11,13-14H,4,7,12,15,17H2,1H3,(H2,31,32);2-3,5-6,8-9,11H,4,7,10,12-13H2,1H3,(H2,23,24);5-7H,1-4H3. The van der Waals surface area contributed by atoms with E-state index < -0.39 is 47.0 Å². The maximum atomic E-state index is 13.9. The van der Waals surface area contributed by atoms with Crippen molar-refractivity contribution < 1.29 is 37.2 Å². The Morgan fingerprint density at radius 1 is 0.588 bits per heavy atom. The van der Waals surface area contributed by atoms with Gasteiger partial charge in [0.05, 0.1) is 33.5 Å². The number of guanidine groups is 2. The van der Waals surface area contributed by atoms with Gasteiger partial charge in [-0.25, -0.2) is 38.6 Å². The van der Waals surface area contributed by atoms with Gasteiger partial charge in [0.15, 0.2) is 0 Å². The van der Waals surface area contributed by atoms with Crippen LogP contribution < -0.4 is 26.4 Å². The van der Waals surface area contributed by atoms with Gasteiger partial charge >= 0.3 is 7.12 Å². The molecule has 14 nitrogen and oxygen atoms in total. The summed E-state index contributed by atoms with van der Waals surface area (Å²) in [5, 5.41) is 21.2. The Hall–Kier alpha value is -7.32. The summed E-state index contributed by atoms with van der Waals surface area (Å²) in [6.07, 6.45) is 8.77. The Bertz CT molecular complexity index is 3570. The van der Waals surface area contributed by atoms with Crippen LogP contribution in [0.1, 0.15) is 111 Å². The highest BCUT2D eigenvalue weighted by Gasteiger charge is 2.57. The van der Waals surface area contributed by atoms with Crippen LogP contribution in [0.15, 0.2) is 136 Å². The molecule has 0 saturated carbocycles. The lowest BCUT2D eigenvalue weighted by Gasteiger charge is -2.45. The van der Waals surface area contributed by atoms with Crippen LogP contribution in [0.2, 0.25) is 0 Å². The molecule has 4 atom stereocenters. The SMILES string of the molecule is CC1(C)OB(c2ccc(F)c(C#N)c2)OC1(C)C.CN1OC2(CC3(CCCc4ccccc4C3)Oc3ccc(-c4ccc(F)c(C#N)c4)cc32)N=C1N.CN1OC2(CC3(CCCc4ccccc4C3)Oc3ccc(Br)cc32)N=C1N. The highest BCUT2D eigenvalue weighted by Crippen LogP contribution is 2.55. The first-order chi connectivity index (χ1) is 38.2. The van der Waals surface area contributed by atoms with Gasteiger partial charge in [0.1, 0.15) is 46.5 Å². The maximum Gasteiger partial charge on any atom is 0.494 e. The average Bonchev–Trinajstić information content (AvgIpc) is 4.02. The van der Waals surface area contributed by atoms with Crippen molar-refractivity contribution >= 4 is 40.4 Å². The molecule has 1 fully saturated rings. The largest absolute Gasteiger partial charge is 0.494 e. The van der Waals surface area contributed by atoms with E-state index in [1.807, 2.05) is 76.2 Å². The molecule has 0 bridgehead atoms. The molecule has 5 heterocycles. The van der Waals surface area contributed by atoms with Crippen molar-refractivity contribution in [2.75, 3.05) is 14.1 Å². The zero-order chi connectivity index (χ0) is 56.4. The fourth-order valence-electron chi connectivity index (χ4n) is 12.1. The minimum absolute atomic E-state index is 0.00127. The van der Waals surface area contributed by atoms with Crippen LogP contribution in [0, 0.1) is 34.3 Å². The molecule has 4 unspecified atom stereocenters. The Morgan fingerprint density at radius 3 is 1.54 bits per heavy atom. The molecular formula is C62H62BBrF2N8O6. The fourth-order valence-corrected chi connectivity index (χ4v) is 12.5. The number of hydrogen-bond donors (Lipinski definition) is 2. The van der Waals surface area contributed by atoms with E-state index >= 15 is 0 Å². The monoisotopic (exact) mass is 1140 g/mol. The van der Waals surface area contributed by atoms with Crippen LogP contribution in [0.3, 0.4) is 0 Å². The van der Waals surface area contributed by atoms with Gasteiger partial charge in [-0.05, 0) is 160 Å². The van der Waals surface area contributed by atoms with Gasteiger partial charge in [-0.2, -0.15) is 10.5 Å². The van der Waals surface area contributed by atoms with Crippen LogP contribution in [-0.2, 0) is 56.1 Å². The first kappa shape index (κ1) is 54.6. The predicted octanol–water partition coefficient (Wildman–Crippen LogP) is 10.7. The lowest BCUT2D eigenvalue weighted by Crippen LogP contribution is -2.49. The summed E-state index contributed by atoms with van der Waals surface area (Å²) in [4.78, 5) is 22.2. The molecule has 13 rings (SSSR count). The van der Waals surface area contributed by atoms with Crippen molar-refractivity contribution in [3.05, 3.63) is 182 Å². The number of hydroxylamine groups is 4. The van der Waals surface area contributed by atoms with Crippen molar-refractivity contribution in [3.8, 4) is 34.8 Å². The Balaban J connectivity index is 0.000000134. The van der Waals surface area contributed by atoms with Crippen molar-refractivity contribution in [1.82, 2.24) is 10.1 Å². The molecule has 5 aliphatic heterocycles. The zero-order valence-electron chi connectivity index (χ0n) is 45.6. The van der Waals surface area contributed by atoms with E-state index in [9.17, 15) is 14.0 Å². The molecule has 410 valence electrons. The Labute approximate surface area is 474 Å². The number of rotatable bonds is 2. The van der Waals surface area contributed by atoms with Crippen LogP contribution in [0.25, 0.3) is 11.1 Å². The maximum absolute atomic E-state index is 13.9. The van der Waals surface area contributed by atoms with Gasteiger partial charge in [0.2, 0.25) is 23.4 Å². The van der Waals surface area contributed by atoms with Crippen LogP contribution >= 0.6 is 15.9 Å². The number of nitrogens with zero attached hydrogens (tertiary/aromatic N) is 6. The van der Waals surface area contributed by atoms with Gasteiger partial charge in [0, 0.05) is 44.3 Å². The third-order valence-corrected chi connectivity index (χ3v) is 17.3. The second-order valence-corrected chi connectivity index (χ2v) is 23.7. The van der Waals surface area contributed by atoms with Crippen LogP contribution in [0.4, 0.5) is 8.78 Å². The predicted molar refractivity (Wildman–Crippen MR) is 304 cm³/mol. The van der Waals surface area contributed by atoms with Crippen molar-refractivity contribution in [3.63, 3.8) is 0 Å². The highest BCUT2D eigenvalue weighted by molar-refractivity contribution is 9.10. The van der Waals surface area contributed by atoms with Gasteiger partial charge in [-0.1, -0.05) is 82.7 Å². The van der Waals surface area contributed by atoms with E-state index in [4.69, 9.17) is 55.2 Å². The van der Waals surface area contributed by atoms with E-state index in [1.54, 1.807) is 37.4 Å². The lowest BCUT2D eigenvalue weighted by atomic mass is 9.78. The Morgan fingerprint density at radius 2 is 1.04 bits per heavy atom. The minimum Gasteiger partial charge on any atom is -0.486 e. The zero-order valence-corrected chi connectivity index (χ0v) is 47.2. The molecule has 2 aliphatic carbocycles. The Kier molecular flexibility index (Phi) is 14.1. The van der Waals surface area contributed by atoms with Crippen molar-refractivity contribution in [2.24, 2.45) is 21.5 Å². The van der Waals surface area contributed by atoms with Gasteiger partial charge < -0.3 is 30.2 Å². The summed E-state index contributed by atoms with van der Waals surface area (Å²) in [7, 11) is 2.99. The highest BCUT2D eigenvalue weighted by atomic mass is 79.9. The molecule has 4 spiro atoms. The summed E-state index contributed by atoms with van der Waals surface area (Å²) < 4.78 is 53.3. The topological polar surface area (TPSA) is 186 Å². The summed E-state index contributed by atoms with van der Waals surface area (Å²) in [5.41, 5.74) is 18.0. The number of benzene rings is 6. The number of aliphatic imine (C=N–C) groups is 2. The number of halogens is 3. The number of nitriles is 2. The number of aryl methyl sites for hydroxylation is 2.